The average Bonchev–Trinajstić information content (AvgIpc) is 2.78. The van der Waals surface area contributed by atoms with Crippen LogP contribution in [0.4, 0.5) is 0 Å². The van der Waals surface area contributed by atoms with E-state index in [0.717, 1.165) is 51.8 Å². The summed E-state index contributed by atoms with van der Waals surface area (Å²) in [6.45, 7) is 1.72. The third kappa shape index (κ3) is 4.54. The number of nitrogens with zero attached hydrogens (tertiary/aromatic N) is 1. The van der Waals surface area contributed by atoms with Crippen LogP contribution in [0.5, 0.6) is 17.2 Å². The molecule has 0 unspecified atom stereocenters. The van der Waals surface area contributed by atoms with Gasteiger partial charge in [0.25, 0.3) is 0 Å². The second kappa shape index (κ2) is 9.51. The normalized spacial score (nSPS) is 16.0. The highest BCUT2D eigenvalue weighted by atomic mass is 79.9. The van der Waals surface area contributed by atoms with E-state index in [1.54, 1.807) is 21.3 Å². The maximum Gasteiger partial charge on any atom is 0.161 e. The quantitative estimate of drug-likeness (QED) is 0.397. The predicted molar refractivity (Wildman–Crippen MR) is 128 cm³/mol. The van der Waals surface area contributed by atoms with Crippen LogP contribution in [0.3, 0.4) is 0 Å². The lowest BCUT2D eigenvalue weighted by atomic mass is 9.87. The zero-order valence-electron chi connectivity index (χ0n) is 17.8. The molecule has 0 spiro atoms. The Bertz CT molecular complexity index is 1090. The van der Waals surface area contributed by atoms with Gasteiger partial charge < -0.3 is 14.2 Å². The SMILES string of the molecule is COc1ccc(CN2CCc3cc(OC)c(OC)cc3[C@H]2c2cccc(Cl)c2)cc1Br. The van der Waals surface area contributed by atoms with E-state index in [1.807, 2.05) is 18.2 Å². The second-order valence-corrected chi connectivity index (χ2v) is 8.84. The molecule has 31 heavy (non-hydrogen) atoms. The van der Waals surface area contributed by atoms with Crippen LogP contribution in [0.1, 0.15) is 28.3 Å². The van der Waals surface area contributed by atoms with Crippen molar-refractivity contribution >= 4 is 27.5 Å². The van der Waals surface area contributed by atoms with E-state index in [1.165, 1.54) is 16.7 Å². The molecule has 3 aromatic carbocycles. The smallest absolute Gasteiger partial charge is 0.161 e. The first kappa shape index (κ1) is 22.0. The lowest BCUT2D eigenvalue weighted by molar-refractivity contribution is 0.203. The van der Waals surface area contributed by atoms with Gasteiger partial charge in [-0.05, 0) is 81.0 Å². The second-order valence-electron chi connectivity index (χ2n) is 7.55. The van der Waals surface area contributed by atoms with Gasteiger partial charge in [0, 0.05) is 18.1 Å². The highest BCUT2D eigenvalue weighted by molar-refractivity contribution is 9.10. The third-order valence-electron chi connectivity index (χ3n) is 5.74. The standard InChI is InChI=1S/C25H25BrClNO3/c1-29-22-8-7-16(11-21(22)26)15-28-10-9-17-13-23(30-2)24(31-3)14-20(17)25(28)18-5-4-6-19(27)12-18/h4-8,11-14,25H,9-10,15H2,1-3H3/t25-/m1/s1. The maximum atomic E-state index is 6.38. The molecule has 4 nitrogen and oxygen atoms in total. The van der Waals surface area contributed by atoms with Crippen molar-refractivity contribution in [1.82, 2.24) is 4.90 Å². The van der Waals surface area contributed by atoms with Crippen molar-refractivity contribution in [2.45, 2.75) is 19.0 Å². The van der Waals surface area contributed by atoms with Crippen LogP contribution < -0.4 is 14.2 Å². The molecule has 0 aliphatic carbocycles. The van der Waals surface area contributed by atoms with Crippen molar-refractivity contribution in [3.05, 3.63) is 86.3 Å². The van der Waals surface area contributed by atoms with Crippen LogP contribution in [0.15, 0.2) is 59.1 Å². The summed E-state index contributed by atoms with van der Waals surface area (Å²) in [6, 6.07) is 18.6. The van der Waals surface area contributed by atoms with E-state index in [-0.39, 0.29) is 6.04 Å². The topological polar surface area (TPSA) is 30.9 Å². The molecule has 1 aliphatic heterocycles. The Morgan fingerprint density at radius 2 is 1.68 bits per heavy atom. The summed E-state index contributed by atoms with van der Waals surface area (Å²) in [6.07, 6.45) is 0.935. The Labute approximate surface area is 196 Å². The number of halogens is 2. The first-order valence-corrected chi connectivity index (χ1v) is 11.3. The van der Waals surface area contributed by atoms with Gasteiger partial charge in [0.05, 0.1) is 31.8 Å². The van der Waals surface area contributed by atoms with Gasteiger partial charge in [-0.1, -0.05) is 29.8 Å². The first-order chi connectivity index (χ1) is 15.0. The predicted octanol–water partition coefficient (Wildman–Crippen LogP) is 6.28. The van der Waals surface area contributed by atoms with Crippen molar-refractivity contribution < 1.29 is 14.2 Å². The fraction of sp³-hybridized carbons (Fsp3) is 0.280. The van der Waals surface area contributed by atoms with Gasteiger partial charge in [-0.15, -0.1) is 0 Å². The molecule has 0 amide bonds. The monoisotopic (exact) mass is 501 g/mol. The maximum absolute atomic E-state index is 6.38. The summed E-state index contributed by atoms with van der Waals surface area (Å²) in [5.41, 5.74) is 4.87. The molecule has 0 aromatic heterocycles. The van der Waals surface area contributed by atoms with Crippen LogP contribution >= 0.6 is 27.5 Å². The summed E-state index contributed by atoms with van der Waals surface area (Å²) in [7, 11) is 5.03. The number of fused-ring (bicyclic) bond motifs is 1. The van der Waals surface area contributed by atoms with Crippen molar-refractivity contribution in [2.75, 3.05) is 27.9 Å². The molecular formula is C25H25BrClNO3. The van der Waals surface area contributed by atoms with Crippen LogP contribution in [-0.2, 0) is 13.0 Å². The molecule has 6 heteroatoms. The lowest BCUT2D eigenvalue weighted by Gasteiger charge is -2.38. The van der Waals surface area contributed by atoms with Gasteiger partial charge in [-0.2, -0.15) is 0 Å². The average molecular weight is 503 g/mol. The van der Waals surface area contributed by atoms with Crippen molar-refractivity contribution in [1.29, 1.82) is 0 Å². The van der Waals surface area contributed by atoms with E-state index >= 15 is 0 Å². The zero-order chi connectivity index (χ0) is 22.0. The third-order valence-corrected chi connectivity index (χ3v) is 6.59. The van der Waals surface area contributed by atoms with E-state index in [2.05, 4.69) is 57.2 Å². The summed E-state index contributed by atoms with van der Waals surface area (Å²) in [5, 5.41) is 0.734. The molecule has 0 saturated carbocycles. The molecule has 0 saturated heterocycles. The minimum Gasteiger partial charge on any atom is -0.496 e. The van der Waals surface area contributed by atoms with Gasteiger partial charge in [0.15, 0.2) is 11.5 Å². The number of ether oxygens (including phenoxy) is 3. The fourth-order valence-electron chi connectivity index (χ4n) is 4.28. The summed E-state index contributed by atoms with van der Waals surface area (Å²) >= 11 is 9.99. The van der Waals surface area contributed by atoms with Crippen molar-refractivity contribution in [2.24, 2.45) is 0 Å². The summed E-state index contributed by atoms with van der Waals surface area (Å²) in [5.74, 6) is 2.33. The molecule has 0 N–H and O–H groups in total. The van der Waals surface area contributed by atoms with E-state index in [4.69, 9.17) is 25.8 Å². The highest BCUT2D eigenvalue weighted by Gasteiger charge is 2.30. The van der Waals surface area contributed by atoms with Gasteiger partial charge in [0.2, 0.25) is 0 Å². The van der Waals surface area contributed by atoms with E-state index in [9.17, 15) is 0 Å². The van der Waals surface area contributed by atoms with Gasteiger partial charge in [0.1, 0.15) is 5.75 Å². The number of rotatable bonds is 6. The molecule has 162 valence electrons. The Kier molecular flexibility index (Phi) is 6.75. The summed E-state index contributed by atoms with van der Waals surface area (Å²) in [4.78, 5) is 2.48. The Balaban J connectivity index is 1.78. The van der Waals surface area contributed by atoms with E-state index in [0.29, 0.717) is 0 Å². The zero-order valence-corrected chi connectivity index (χ0v) is 20.2. The van der Waals surface area contributed by atoms with Crippen LogP contribution in [-0.4, -0.2) is 32.8 Å². The molecule has 1 atom stereocenters. The molecule has 4 rings (SSSR count). The molecule has 1 aliphatic rings. The van der Waals surface area contributed by atoms with Crippen molar-refractivity contribution in [3.8, 4) is 17.2 Å². The largest absolute Gasteiger partial charge is 0.496 e. The lowest BCUT2D eigenvalue weighted by Crippen LogP contribution is -2.35. The van der Waals surface area contributed by atoms with Gasteiger partial charge in [-0.3, -0.25) is 4.90 Å². The van der Waals surface area contributed by atoms with Crippen molar-refractivity contribution in [3.63, 3.8) is 0 Å². The van der Waals surface area contributed by atoms with Crippen LogP contribution in [0.25, 0.3) is 0 Å². The molecule has 1 heterocycles. The molecule has 0 bridgehead atoms. The Hall–Kier alpha value is -2.21. The molecular weight excluding hydrogens is 478 g/mol. The van der Waals surface area contributed by atoms with Gasteiger partial charge in [-0.25, -0.2) is 0 Å². The van der Waals surface area contributed by atoms with Crippen LogP contribution in [0, 0.1) is 0 Å². The number of hydrogen-bond acceptors (Lipinski definition) is 4. The molecule has 3 aromatic rings. The number of methoxy groups -OCH3 is 3. The minimum absolute atomic E-state index is 0.0585. The molecule has 0 fully saturated rings. The Morgan fingerprint density at radius 3 is 2.35 bits per heavy atom. The number of hydrogen-bond donors (Lipinski definition) is 0. The van der Waals surface area contributed by atoms with Crippen LogP contribution in [0.2, 0.25) is 5.02 Å². The Morgan fingerprint density at radius 1 is 0.935 bits per heavy atom. The molecule has 0 radical (unpaired) electrons. The first-order valence-electron chi connectivity index (χ1n) is 10.1. The fourth-order valence-corrected chi connectivity index (χ4v) is 5.06. The summed E-state index contributed by atoms with van der Waals surface area (Å²) < 4.78 is 17.5. The number of benzene rings is 3. The minimum atomic E-state index is 0.0585. The van der Waals surface area contributed by atoms with E-state index < -0.39 is 0 Å². The van der Waals surface area contributed by atoms with Gasteiger partial charge >= 0.3 is 0 Å². The highest BCUT2D eigenvalue weighted by Crippen LogP contribution is 2.42.